The molecule has 0 bridgehead atoms. The van der Waals surface area contributed by atoms with Crippen molar-refractivity contribution >= 4 is 39.2 Å². The largest absolute Gasteiger partial charge is 0.339 e. The Balaban J connectivity index is 1.79. The minimum atomic E-state index is -0.653. The van der Waals surface area contributed by atoms with E-state index in [1.165, 1.54) is 23.5 Å². The number of hydrogen-bond donors (Lipinski definition) is 2. The van der Waals surface area contributed by atoms with Crippen LogP contribution in [0.2, 0.25) is 0 Å². The standard InChI is InChI=1S/C21H20FN3O2S2/c1-4-21(5-2,6-3)25-16(26)12-29-20-23-18(27)17-15(11-28-19(17)24-20)13-7-9-14(22)10-8-13/h1,7-11H,5-6,12H2,2-3H3,(H,25,26)(H,23,24,27). The molecule has 0 radical (unpaired) electrons. The molecule has 0 saturated carbocycles. The highest BCUT2D eigenvalue weighted by Crippen LogP contribution is 2.31. The minimum Gasteiger partial charge on any atom is -0.339 e. The van der Waals surface area contributed by atoms with Gasteiger partial charge in [-0.05, 0) is 30.5 Å². The number of benzene rings is 1. The molecule has 0 aliphatic carbocycles. The number of amides is 1. The quantitative estimate of drug-likeness (QED) is 0.335. The van der Waals surface area contributed by atoms with Crippen LogP contribution >= 0.6 is 23.1 Å². The van der Waals surface area contributed by atoms with E-state index in [9.17, 15) is 14.0 Å². The molecule has 0 saturated heterocycles. The van der Waals surface area contributed by atoms with Gasteiger partial charge in [0.1, 0.15) is 16.2 Å². The van der Waals surface area contributed by atoms with Crippen molar-refractivity contribution < 1.29 is 9.18 Å². The van der Waals surface area contributed by atoms with Crippen molar-refractivity contribution in [1.29, 1.82) is 0 Å². The van der Waals surface area contributed by atoms with Gasteiger partial charge in [-0.2, -0.15) is 0 Å². The summed E-state index contributed by atoms with van der Waals surface area (Å²) in [6.45, 7) is 3.86. The summed E-state index contributed by atoms with van der Waals surface area (Å²) in [7, 11) is 0. The molecular formula is C21H20FN3O2S2. The van der Waals surface area contributed by atoms with Crippen LogP contribution in [0, 0.1) is 18.2 Å². The highest BCUT2D eigenvalue weighted by molar-refractivity contribution is 7.99. The van der Waals surface area contributed by atoms with Crippen molar-refractivity contribution in [1.82, 2.24) is 15.3 Å². The monoisotopic (exact) mass is 429 g/mol. The highest BCUT2D eigenvalue weighted by Gasteiger charge is 2.25. The van der Waals surface area contributed by atoms with Gasteiger partial charge >= 0.3 is 0 Å². The number of thiophene rings is 1. The molecule has 8 heteroatoms. The summed E-state index contributed by atoms with van der Waals surface area (Å²) in [6, 6.07) is 5.96. The van der Waals surface area contributed by atoms with Crippen molar-refractivity contribution in [3.05, 3.63) is 45.8 Å². The second kappa shape index (κ2) is 8.80. The lowest BCUT2D eigenvalue weighted by atomic mass is 9.94. The predicted molar refractivity (Wildman–Crippen MR) is 117 cm³/mol. The molecule has 1 aromatic carbocycles. The van der Waals surface area contributed by atoms with Crippen LogP contribution in [0.25, 0.3) is 21.3 Å². The van der Waals surface area contributed by atoms with Gasteiger partial charge in [-0.1, -0.05) is 43.7 Å². The fourth-order valence-corrected chi connectivity index (χ4v) is 4.61. The van der Waals surface area contributed by atoms with Gasteiger partial charge < -0.3 is 10.3 Å². The van der Waals surface area contributed by atoms with E-state index >= 15 is 0 Å². The molecule has 2 heterocycles. The van der Waals surface area contributed by atoms with Crippen LogP contribution in [0.15, 0.2) is 39.6 Å². The molecule has 1 amide bonds. The van der Waals surface area contributed by atoms with E-state index < -0.39 is 5.54 Å². The first-order valence-electron chi connectivity index (χ1n) is 9.10. The number of aromatic nitrogens is 2. The number of hydrogen-bond acceptors (Lipinski definition) is 5. The maximum absolute atomic E-state index is 13.2. The third-order valence-electron chi connectivity index (χ3n) is 4.78. The number of carbonyl (C=O) groups excluding carboxylic acids is 1. The van der Waals surface area contributed by atoms with Crippen molar-refractivity contribution in [2.24, 2.45) is 0 Å². The third kappa shape index (κ3) is 4.52. The van der Waals surface area contributed by atoms with E-state index in [2.05, 4.69) is 21.2 Å². The van der Waals surface area contributed by atoms with E-state index in [0.29, 0.717) is 33.8 Å². The normalized spacial score (nSPS) is 11.4. The number of carbonyl (C=O) groups is 1. The average Bonchev–Trinajstić information content (AvgIpc) is 3.16. The first-order valence-corrected chi connectivity index (χ1v) is 11.0. The predicted octanol–water partition coefficient (Wildman–Crippen LogP) is 4.19. The molecule has 0 aliphatic rings. The second-order valence-corrected chi connectivity index (χ2v) is 8.30. The van der Waals surface area contributed by atoms with Gasteiger partial charge in [-0.25, -0.2) is 9.37 Å². The molecule has 0 unspecified atom stereocenters. The first-order chi connectivity index (χ1) is 13.9. The Morgan fingerprint density at radius 2 is 2.03 bits per heavy atom. The van der Waals surface area contributed by atoms with Crippen LogP contribution in [0.3, 0.4) is 0 Å². The molecule has 3 aromatic rings. The van der Waals surface area contributed by atoms with E-state index in [0.717, 1.165) is 17.3 Å². The molecule has 0 atom stereocenters. The Morgan fingerprint density at radius 1 is 1.34 bits per heavy atom. The smallest absolute Gasteiger partial charge is 0.260 e. The van der Waals surface area contributed by atoms with E-state index in [1.807, 2.05) is 19.2 Å². The van der Waals surface area contributed by atoms with Crippen LogP contribution < -0.4 is 10.9 Å². The summed E-state index contributed by atoms with van der Waals surface area (Å²) in [5.41, 5.74) is 0.506. The van der Waals surface area contributed by atoms with Crippen molar-refractivity contribution in [3.8, 4) is 23.5 Å². The van der Waals surface area contributed by atoms with Crippen LogP contribution in [-0.2, 0) is 4.79 Å². The van der Waals surface area contributed by atoms with Gasteiger partial charge in [0.15, 0.2) is 5.16 Å². The van der Waals surface area contributed by atoms with Crippen molar-refractivity contribution in [2.45, 2.75) is 37.4 Å². The zero-order valence-corrected chi connectivity index (χ0v) is 17.7. The van der Waals surface area contributed by atoms with E-state index in [1.54, 1.807) is 12.1 Å². The van der Waals surface area contributed by atoms with E-state index in [4.69, 9.17) is 6.42 Å². The zero-order chi connectivity index (χ0) is 21.0. The van der Waals surface area contributed by atoms with Gasteiger partial charge in [0.2, 0.25) is 5.91 Å². The van der Waals surface area contributed by atoms with E-state index in [-0.39, 0.29) is 23.0 Å². The number of thioether (sulfide) groups is 1. The average molecular weight is 430 g/mol. The molecule has 2 aromatic heterocycles. The number of rotatable bonds is 7. The van der Waals surface area contributed by atoms with Crippen LogP contribution in [0.1, 0.15) is 26.7 Å². The van der Waals surface area contributed by atoms with Crippen LogP contribution in [0.4, 0.5) is 4.39 Å². The van der Waals surface area contributed by atoms with Crippen LogP contribution in [-0.4, -0.2) is 27.2 Å². The lowest BCUT2D eigenvalue weighted by molar-refractivity contribution is -0.119. The van der Waals surface area contributed by atoms with Gasteiger partial charge in [-0.3, -0.25) is 9.59 Å². The summed E-state index contributed by atoms with van der Waals surface area (Å²) in [5, 5.41) is 5.53. The molecule has 5 nitrogen and oxygen atoms in total. The maximum Gasteiger partial charge on any atom is 0.260 e. The van der Waals surface area contributed by atoms with Gasteiger partial charge in [0.05, 0.1) is 11.1 Å². The van der Waals surface area contributed by atoms with Crippen LogP contribution in [0.5, 0.6) is 0 Å². The Bertz CT molecular complexity index is 1130. The Labute approximate surface area is 176 Å². The summed E-state index contributed by atoms with van der Waals surface area (Å²) in [4.78, 5) is 32.7. The van der Waals surface area contributed by atoms with Gasteiger partial charge in [0, 0.05) is 10.9 Å². The summed E-state index contributed by atoms with van der Waals surface area (Å²) in [6.07, 6.45) is 6.85. The van der Waals surface area contributed by atoms with Crippen molar-refractivity contribution in [3.63, 3.8) is 0 Å². The number of H-pyrrole nitrogens is 1. The van der Waals surface area contributed by atoms with Gasteiger partial charge in [0.25, 0.3) is 5.56 Å². The second-order valence-electron chi connectivity index (χ2n) is 6.48. The third-order valence-corrected chi connectivity index (χ3v) is 6.53. The summed E-state index contributed by atoms with van der Waals surface area (Å²) < 4.78 is 13.2. The first kappa shape index (κ1) is 21.1. The molecular weight excluding hydrogens is 409 g/mol. The number of terminal acetylenes is 1. The molecule has 0 aliphatic heterocycles. The SMILES string of the molecule is C#CC(CC)(CC)NC(=O)CSc1nc2scc(-c3ccc(F)cc3)c2c(=O)[nH]1. The molecule has 0 spiro atoms. The zero-order valence-electron chi connectivity index (χ0n) is 16.0. The Kier molecular flexibility index (Phi) is 6.40. The summed E-state index contributed by atoms with van der Waals surface area (Å²) >= 11 is 2.48. The minimum absolute atomic E-state index is 0.0913. The fraction of sp³-hybridized carbons (Fsp3) is 0.286. The van der Waals surface area contributed by atoms with Gasteiger partial charge in [-0.15, -0.1) is 17.8 Å². The lowest BCUT2D eigenvalue weighted by Gasteiger charge is -2.26. The fourth-order valence-electron chi connectivity index (χ4n) is 2.94. The Morgan fingerprint density at radius 3 is 2.66 bits per heavy atom. The Hall–Kier alpha value is -2.63. The molecule has 150 valence electrons. The molecule has 0 fully saturated rings. The van der Waals surface area contributed by atoms with Crippen molar-refractivity contribution in [2.75, 3.05) is 5.75 Å². The number of aromatic amines is 1. The highest BCUT2D eigenvalue weighted by atomic mass is 32.2. The lowest BCUT2D eigenvalue weighted by Crippen LogP contribution is -2.47. The number of nitrogens with zero attached hydrogens (tertiary/aromatic N) is 1. The summed E-state index contributed by atoms with van der Waals surface area (Å²) in [5.74, 6) is 2.21. The number of nitrogens with one attached hydrogen (secondary N) is 2. The topological polar surface area (TPSA) is 74.8 Å². The number of halogens is 1. The molecule has 29 heavy (non-hydrogen) atoms. The maximum atomic E-state index is 13.2. The molecule has 2 N–H and O–H groups in total. The number of fused-ring (bicyclic) bond motifs is 1. The molecule has 3 rings (SSSR count).